The lowest BCUT2D eigenvalue weighted by atomic mass is 10.1. The van der Waals surface area contributed by atoms with Crippen LogP contribution in [0, 0.1) is 0 Å². The Hall–Kier alpha value is -2.91. The molecule has 2 aromatic rings. The lowest BCUT2D eigenvalue weighted by molar-refractivity contribution is -0.126. The van der Waals surface area contributed by atoms with Crippen molar-refractivity contribution in [1.29, 1.82) is 0 Å². The van der Waals surface area contributed by atoms with Crippen molar-refractivity contribution in [2.24, 2.45) is 5.14 Å². The number of rotatable bonds is 5. The smallest absolute Gasteiger partial charge is 0.342 e. The summed E-state index contributed by atoms with van der Waals surface area (Å²) in [6.45, 7) is 3.40. The van der Waals surface area contributed by atoms with Crippen molar-refractivity contribution in [3.63, 3.8) is 0 Å². The molecular formula is C20H22N2O6S. The number of amides is 1. The van der Waals surface area contributed by atoms with Gasteiger partial charge in [0.15, 0.2) is 6.10 Å². The molecule has 0 fully saturated rings. The van der Waals surface area contributed by atoms with Crippen LogP contribution in [-0.4, -0.2) is 39.5 Å². The minimum atomic E-state index is -4.02. The minimum Gasteiger partial charge on any atom is -0.496 e. The Balaban J connectivity index is 1.83. The third-order valence-electron chi connectivity index (χ3n) is 4.80. The molecule has 0 radical (unpaired) electrons. The number of anilines is 1. The van der Waals surface area contributed by atoms with Gasteiger partial charge in [0.1, 0.15) is 11.3 Å². The van der Waals surface area contributed by atoms with Crippen molar-refractivity contribution in [1.82, 2.24) is 0 Å². The molecule has 2 N–H and O–H groups in total. The molecule has 2 atom stereocenters. The highest BCUT2D eigenvalue weighted by Crippen LogP contribution is 2.32. The maximum absolute atomic E-state index is 13.0. The van der Waals surface area contributed by atoms with E-state index in [1.165, 1.54) is 26.2 Å². The third-order valence-corrected chi connectivity index (χ3v) is 5.71. The van der Waals surface area contributed by atoms with Crippen LogP contribution in [0.3, 0.4) is 0 Å². The topological polar surface area (TPSA) is 116 Å². The summed E-state index contributed by atoms with van der Waals surface area (Å²) in [5.41, 5.74) is 1.71. The molecule has 1 amide bonds. The van der Waals surface area contributed by atoms with E-state index in [1.807, 2.05) is 31.2 Å². The Bertz CT molecular complexity index is 1070. The van der Waals surface area contributed by atoms with E-state index in [0.29, 0.717) is 6.42 Å². The number of fused-ring (bicyclic) bond motifs is 1. The normalized spacial score (nSPS) is 16.8. The van der Waals surface area contributed by atoms with Crippen LogP contribution < -0.4 is 14.8 Å². The lowest BCUT2D eigenvalue weighted by Gasteiger charge is -2.26. The summed E-state index contributed by atoms with van der Waals surface area (Å²) in [7, 11) is -2.69. The Kier molecular flexibility index (Phi) is 5.63. The van der Waals surface area contributed by atoms with Gasteiger partial charge in [0.05, 0.1) is 12.0 Å². The van der Waals surface area contributed by atoms with Crippen molar-refractivity contribution in [3.05, 3.63) is 53.6 Å². The maximum Gasteiger partial charge on any atom is 0.342 e. The molecule has 0 spiro atoms. The van der Waals surface area contributed by atoms with Crippen molar-refractivity contribution in [2.75, 3.05) is 12.0 Å². The number of methoxy groups -OCH3 is 1. The van der Waals surface area contributed by atoms with E-state index in [1.54, 1.807) is 4.90 Å². The zero-order valence-electron chi connectivity index (χ0n) is 16.3. The molecular weight excluding hydrogens is 396 g/mol. The van der Waals surface area contributed by atoms with Crippen LogP contribution in [0.1, 0.15) is 29.8 Å². The molecule has 0 unspecified atom stereocenters. The fourth-order valence-electron chi connectivity index (χ4n) is 3.40. The highest BCUT2D eigenvalue weighted by Gasteiger charge is 2.35. The first-order valence-corrected chi connectivity index (χ1v) is 10.5. The van der Waals surface area contributed by atoms with Gasteiger partial charge >= 0.3 is 5.97 Å². The number of nitrogens with two attached hydrogens (primary N) is 1. The van der Waals surface area contributed by atoms with Gasteiger partial charge in [-0.3, -0.25) is 4.79 Å². The Morgan fingerprint density at radius 2 is 1.90 bits per heavy atom. The number of esters is 1. The molecule has 0 bridgehead atoms. The average Bonchev–Trinajstić information content (AvgIpc) is 3.01. The molecule has 1 aliphatic heterocycles. The van der Waals surface area contributed by atoms with Crippen LogP contribution >= 0.6 is 0 Å². The first-order valence-electron chi connectivity index (χ1n) is 8.96. The second-order valence-electron chi connectivity index (χ2n) is 6.84. The molecule has 0 saturated carbocycles. The second kappa shape index (κ2) is 7.84. The predicted molar refractivity (Wildman–Crippen MR) is 106 cm³/mol. The van der Waals surface area contributed by atoms with E-state index < -0.39 is 22.1 Å². The molecule has 3 rings (SSSR count). The quantitative estimate of drug-likeness (QED) is 0.741. The van der Waals surface area contributed by atoms with Crippen LogP contribution in [0.2, 0.25) is 0 Å². The summed E-state index contributed by atoms with van der Waals surface area (Å²) in [4.78, 5) is 27.0. The molecule has 9 heteroatoms. The van der Waals surface area contributed by atoms with Gasteiger partial charge in [-0.1, -0.05) is 18.2 Å². The van der Waals surface area contributed by atoms with Crippen molar-refractivity contribution in [3.8, 4) is 5.75 Å². The number of nitrogens with zero attached hydrogens (tertiary/aromatic N) is 1. The predicted octanol–water partition coefficient (Wildman–Crippen LogP) is 1.87. The van der Waals surface area contributed by atoms with E-state index in [2.05, 4.69) is 0 Å². The number of carbonyl (C=O) groups is 2. The van der Waals surface area contributed by atoms with E-state index in [-0.39, 0.29) is 28.2 Å². The largest absolute Gasteiger partial charge is 0.496 e. The van der Waals surface area contributed by atoms with Crippen LogP contribution in [0.25, 0.3) is 0 Å². The first-order chi connectivity index (χ1) is 13.6. The van der Waals surface area contributed by atoms with E-state index in [0.717, 1.165) is 17.3 Å². The van der Waals surface area contributed by atoms with Crippen LogP contribution in [0.5, 0.6) is 5.75 Å². The highest BCUT2D eigenvalue weighted by atomic mass is 32.2. The van der Waals surface area contributed by atoms with Crippen LogP contribution in [0.4, 0.5) is 5.69 Å². The van der Waals surface area contributed by atoms with Crippen molar-refractivity contribution in [2.45, 2.75) is 37.3 Å². The van der Waals surface area contributed by atoms with E-state index >= 15 is 0 Å². The zero-order valence-corrected chi connectivity index (χ0v) is 17.1. The van der Waals surface area contributed by atoms with Gasteiger partial charge in [-0.15, -0.1) is 0 Å². The number of ether oxygens (including phenoxy) is 2. The molecule has 2 aromatic carbocycles. The molecule has 1 heterocycles. The summed E-state index contributed by atoms with van der Waals surface area (Å²) in [6, 6.07) is 11.1. The molecule has 8 nitrogen and oxygen atoms in total. The van der Waals surface area contributed by atoms with Crippen molar-refractivity contribution < 1.29 is 27.5 Å². The molecule has 154 valence electrons. The molecule has 29 heavy (non-hydrogen) atoms. The monoisotopic (exact) mass is 418 g/mol. The first kappa shape index (κ1) is 20.8. The number of benzene rings is 2. The van der Waals surface area contributed by atoms with E-state index in [4.69, 9.17) is 14.6 Å². The maximum atomic E-state index is 13.0. The molecule has 0 aromatic heterocycles. The van der Waals surface area contributed by atoms with E-state index in [9.17, 15) is 18.0 Å². The summed E-state index contributed by atoms with van der Waals surface area (Å²) in [6.07, 6.45) is -0.369. The third kappa shape index (κ3) is 4.10. The van der Waals surface area contributed by atoms with Gasteiger partial charge in [-0.25, -0.2) is 18.4 Å². The number of primary sulfonamides is 1. The standard InChI is InChI=1S/C20H22N2O6S/c1-12-10-14-6-4-5-7-17(14)22(12)19(23)13(2)28-20(24)16-11-15(29(21,25)26)8-9-18(16)27-3/h4-9,11-13H,10H2,1-3H3,(H2,21,25,26)/t12-,13-/m0/s1. The van der Waals surface area contributed by atoms with Crippen LogP contribution in [0.15, 0.2) is 47.4 Å². The molecule has 1 aliphatic rings. The number of para-hydroxylation sites is 1. The summed E-state index contributed by atoms with van der Waals surface area (Å²) in [5.74, 6) is -1.13. The summed E-state index contributed by atoms with van der Waals surface area (Å²) >= 11 is 0. The Labute approximate surface area is 169 Å². The molecule has 0 saturated heterocycles. The van der Waals surface area contributed by atoms with Gasteiger partial charge in [0.2, 0.25) is 10.0 Å². The molecule has 0 aliphatic carbocycles. The average molecular weight is 418 g/mol. The Morgan fingerprint density at radius 3 is 2.55 bits per heavy atom. The fraction of sp³-hybridized carbons (Fsp3) is 0.300. The zero-order chi connectivity index (χ0) is 21.3. The minimum absolute atomic E-state index is 0.0682. The fourth-order valence-corrected chi connectivity index (χ4v) is 3.94. The van der Waals surface area contributed by atoms with Gasteiger partial charge < -0.3 is 14.4 Å². The van der Waals surface area contributed by atoms with Crippen molar-refractivity contribution >= 4 is 27.6 Å². The van der Waals surface area contributed by atoms with Gasteiger partial charge in [0.25, 0.3) is 5.91 Å². The van der Waals surface area contributed by atoms with Crippen LogP contribution in [-0.2, 0) is 26.0 Å². The summed E-state index contributed by atoms with van der Waals surface area (Å²) in [5, 5.41) is 5.13. The lowest BCUT2D eigenvalue weighted by Crippen LogP contribution is -2.43. The summed E-state index contributed by atoms with van der Waals surface area (Å²) < 4.78 is 33.6. The number of hydrogen-bond donors (Lipinski definition) is 1. The number of carbonyl (C=O) groups excluding carboxylic acids is 2. The number of sulfonamides is 1. The second-order valence-corrected chi connectivity index (χ2v) is 8.41. The van der Waals surface area contributed by atoms with Gasteiger partial charge in [0, 0.05) is 11.7 Å². The number of hydrogen-bond acceptors (Lipinski definition) is 6. The van der Waals surface area contributed by atoms with Gasteiger partial charge in [-0.05, 0) is 50.1 Å². The van der Waals surface area contributed by atoms with Gasteiger partial charge in [-0.2, -0.15) is 0 Å². The highest BCUT2D eigenvalue weighted by molar-refractivity contribution is 7.89. The Morgan fingerprint density at radius 1 is 1.21 bits per heavy atom. The SMILES string of the molecule is COc1ccc(S(N)(=O)=O)cc1C(=O)O[C@@H](C)C(=O)N1c2ccccc2C[C@@H]1C.